The summed E-state index contributed by atoms with van der Waals surface area (Å²) in [5, 5.41) is 0. The number of amidine groups is 1. The summed E-state index contributed by atoms with van der Waals surface area (Å²) in [7, 11) is 3.95. The summed E-state index contributed by atoms with van der Waals surface area (Å²) in [6.07, 6.45) is 2.45. The zero-order chi connectivity index (χ0) is 5.98. The van der Waals surface area contributed by atoms with Crippen molar-refractivity contribution in [2.24, 2.45) is 4.99 Å². The molecule has 0 aliphatic carbocycles. The SMILES string of the molecule is C/N=C1\CCCN1C. The topological polar surface area (TPSA) is 15.6 Å². The highest BCUT2D eigenvalue weighted by Gasteiger charge is 2.11. The van der Waals surface area contributed by atoms with Gasteiger partial charge in [0.15, 0.2) is 0 Å². The molecule has 0 unspecified atom stereocenters. The second-order valence-electron chi connectivity index (χ2n) is 2.16. The Morgan fingerprint density at radius 1 is 1.62 bits per heavy atom. The largest absolute Gasteiger partial charge is 0.363 e. The van der Waals surface area contributed by atoms with E-state index < -0.39 is 0 Å². The van der Waals surface area contributed by atoms with E-state index in [1.165, 1.54) is 25.2 Å². The van der Waals surface area contributed by atoms with Gasteiger partial charge in [-0.3, -0.25) is 4.99 Å². The van der Waals surface area contributed by atoms with Crippen LogP contribution in [0.2, 0.25) is 0 Å². The Morgan fingerprint density at radius 3 is 2.62 bits per heavy atom. The van der Waals surface area contributed by atoms with Crippen molar-refractivity contribution in [3.05, 3.63) is 0 Å². The Labute approximate surface area is 50.2 Å². The predicted molar refractivity (Wildman–Crippen MR) is 35.2 cm³/mol. The first kappa shape index (κ1) is 5.60. The van der Waals surface area contributed by atoms with E-state index in [1.807, 2.05) is 7.05 Å². The minimum absolute atomic E-state index is 1.17. The van der Waals surface area contributed by atoms with Crippen molar-refractivity contribution >= 4 is 5.84 Å². The average molecular weight is 112 g/mol. The minimum Gasteiger partial charge on any atom is -0.363 e. The molecule has 46 valence electrons. The van der Waals surface area contributed by atoms with E-state index in [0.29, 0.717) is 0 Å². The van der Waals surface area contributed by atoms with E-state index in [2.05, 4.69) is 16.9 Å². The highest BCUT2D eigenvalue weighted by atomic mass is 15.2. The molecule has 2 heteroatoms. The van der Waals surface area contributed by atoms with Crippen LogP contribution in [0.3, 0.4) is 0 Å². The Balaban J connectivity index is 2.55. The fourth-order valence-electron chi connectivity index (χ4n) is 1.08. The molecular formula is C6H12N2. The molecule has 0 saturated carbocycles. The molecule has 0 spiro atoms. The third-order valence-corrected chi connectivity index (χ3v) is 1.59. The number of hydrogen-bond acceptors (Lipinski definition) is 1. The Morgan fingerprint density at radius 2 is 2.38 bits per heavy atom. The Kier molecular flexibility index (Phi) is 1.51. The van der Waals surface area contributed by atoms with E-state index >= 15 is 0 Å². The van der Waals surface area contributed by atoms with E-state index in [9.17, 15) is 0 Å². The van der Waals surface area contributed by atoms with Gasteiger partial charge in [-0.1, -0.05) is 0 Å². The summed E-state index contributed by atoms with van der Waals surface area (Å²) in [6.45, 7) is 1.19. The minimum atomic E-state index is 1.17. The summed E-state index contributed by atoms with van der Waals surface area (Å²) in [6, 6.07) is 0. The second kappa shape index (κ2) is 2.16. The molecule has 1 aliphatic rings. The zero-order valence-electron chi connectivity index (χ0n) is 5.52. The number of hydrogen-bond donors (Lipinski definition) is 0. The fourth-order valence-corrected chi connectivity index (χ4v) is 1.08. The number of rotatable bonds is 0. The van der Waals surface area contributed by atoms with Gasteiger partial charge in [-0.05, 0) is 6.42 Å². The Bertz CT molecular complexity index is 107. The van der Waals surface area contributed by atoms with Gasteiger partial charge in [0.1, 0.15) is 0 Å². The van der Waals surface area contributed by atoms with Crippen LogP contribution < -0.4 is 0 Å². The monoisotopic (exact) mass is 112 g/mol. The molecule has 1 aliphatic heterocycles. The maximum absolute atomic E-state index is 4.11. The molecule has 0 N–H and O–H groups in total. The maximum atomic E-state index is 4.11. The molecule has 1 saturated heterocycles. The van der Waals surface area contributed by atoms with Gasteiger partial charge in [-0.25, -0.2) is 0 Å². The molecule has 0 amide bonds. The van der Waals surface area contributed by atoms with Crippen LogP contribution in [0.5, 0.6) is 0 Å². The third kappa shape index (κ3) is 0.831. The predicted octanol–water partition coefficient (Wildman–Crippen LogP) is 0.740. The van der Waals surface area contributed by atoms with Crippen molar-refractivity contribution in [3.63, 3.8) is 0 Å². The van der Waals surface area contributed by atoms with Crippen LogP contribution in [0, 0.1) is 0 Å². The Hall–Kier alpha value is -0.530. The van der Waals surface area contributed by atoms with Gasteiger partial charge in [0.05, 0.1) is 5.84 Å². The summed E-state index contributed by atoms with van der Waals surface area (Å²) in [4.78, 5) is 6.32. The molecule has 0 radical (unpaired) electrons. The normalized spacial score (nSPS) is 25.2. The first-order valence-electron chi connectivity index (χ1n) is 3.01. The van der Waals surface area contributed by atoms with Crippen molar-refractivity contribution in [2.75, 3.05) is 20.6 Å². The van der Waals surface area contributed by atoms with Crippen LogP contribution >= 0.6 is 0 Å². The molecule has 0 aromatic carbocycles. The number of nitrogens with zero attached hydrogens (tertiary/aromatic N) is 2. The van der Waals surface area contributed by atoms with Gasteiger partial charge in [-0.2, -0.15) is 0 Å². The number of likely N-dealkylation sites (tertiary alicyclic amines) is 1. The van der Waals surface area contributed by atoms with Crippen LogP contribution in [0.15, 0.2) is 4.99 Å². The van der Waals surface area contributed by atoms with E-state index in [1.54, 1.807) is 0 Å². The molecule has 0 aromatic heterocycles. The van der Waals surface area contributed by atoms with E-state index in [-0.39, 0.29) is 0 Å². The van der Waals surface area contributed by atoms with Gasteiger partial charge in [0.2, 0.25) is 0 Å². The summed E-state index contributed by atoms with van der Waals surface area (Å²) >= 11 is 0. The lowest BCUT2D eigenvalue weighted by atomic mass is 10.4. The zero-order valence-corrected chi connectivity index (χ0v) is 5.52. The van der Waals surface area contributed by atoms with Gasteiger partial charge in [0.25, 0.3) is 0 Å². The van der Waals surface area contributed by atoms with Crippen molar-refractivity contribution in [2.45, 2.75) is 12.8 Å². The molecule has 0 aromatic rings. The van der Waals surface area contributed by atoms with Crippen molar-refractivity contribution in [3.8, 4) is 0 Å². The molecule has 1 heterocycles. The standard InChI is InChI=1S/C6H12N2/c1-7-6-4-3-5-8(6)2/h3-5H2,1-2H3/b7-6+. The quantitative estimate of drug-likeness (QED) is 0.451. The van der Waals surface area contributed by atoms with Crippen LogP contribution in [-0.2, 0) is 0 Å². The first-order valence-corrected chi connectivity index (χ1v) is 3.01. The maximum Gasteiger partial charge on any atom is 0.0983 e. The fraction of sp³-hybridized carbons (Fsp3) is 0.833. The van der Waals surface area contributed by atoms with Gasteiger partial charge in [-0.15, -0.1) is 0 Å². The van der Waals surface area contributed by atoms with Gasteiger partial charge >= 0.3 is 0 Å². The summed E-state index contributed by atoms with van der Waals surface area (Å²) < 4.78 is 0. The molecule has 8 heavy (non-hydrogen) atoms. The first-order chi connectivity index (χ1) is 3.84. The lowest BCUT2D eigenvalue weighted by Gasteiger charge is -2.08. The number of aliphatic imine (C=N–C) groups is 1. The van der Waals surface area contributed by atoms with Gasteiger partial charge in [0, 0.05) is 27.1 Å². The molecule has 1 fully saturated rings. The van der Waals surface area contributed by atoms with E-state index in [0.717, 1.165) is 0 Å². The van der Waals surface area contributed by atoms with Gasteiger partial charge < -0.3 is 4.90 Å². The molecule has 1 rings (SSSR count). The second-order valence-corrected chi connectivity index (χ2v) is 2.16. The van der Waals surface area contributed by atoms with Crippen molar-refractivity contribution in [1.29, 1.82) is 0 Å². The molecule has 0 atom stereocenters. The lowest BCUT2D eigenvalue weighted by molar-refractivity contribution is 0.549. The van der Waals surface area contributed by atoms with E-state index in [4.69, 9.17) is 0 Å². The van der Waals surface area contributed by atoms with Crippen LogP contribution in [-0.4, -0.2) is 31.4 Å². The van der Waals surface area contributed by atoms with Crippen LogP contribution in [0.4, 0.5) is 0 Å². The smallest absolute Gasteiger partial charge is 0.0983 e. The average Bonchev–Trinajstić information content (AvgIpc) is 2.14. The molecule has 0 bridgehead atoms. The van der Waals surface area contributed by atoms with Crippen LogP contribution in [0.1, 0.15) is 12.8 Å². The lowest BCUT2D eigenvalue weighted by Crippen LogP contribution is -2.18. The van der Waals surface area contributed by atoms with Crippen molar-refractivity contribution in [1.82, 2.24) is 4.90 Å². The summed E-state index contributed by atoms with van der Waals surface area (Å²) in [5.74, 6) is 1.25. The highest BCUT2D eigenvalue weighted by molar-refractivity contribution is 5.83. The molecular weight excluding hydrogens is 100 g/mol. The summed E-state index contributed by atoms with van der Waals surface area (Å²) in [5.41, 5.74) is 0. The third-order valence-electron chi connectivity index (χ3n) is 1.59. The highest BCUT2D eigenvalue weighted by Crippen LogP contribution is 2.07. The molecule has 2 nitrogen and oxygen atoms in total. The van der Waals surface area contributed by atoms with Crippen LogP contribution in [0.25, 0.3) is 0 Å². The van der Waals surface area contributed by atoms with Crippen molar-refractivity contribution < 1.29 is 0 Å².